The van der Waals surface area contributed by atoms with Gasteiger partial charge in [0.1, 0.15) is 5.58 Å². The zero-order chi connectivity index (χ0) is 11.1. The van der Waals surface area contributed by atoms with Crippen LogP contribution in [0.5, 0.6) is 0 Å². The van der Waals surface area contributed by atoms with Crippen molar-refractivity contribution in [2.24, 2.45) is 0 Å². The van der Waals surface area contributed by atoms with E-state index >= 15 is 0 Å². The van der Waals surface area contributed by atoms with Gasteiger partial charge in [0.05, 0.1) is 0 Å². The number of anilines is 1. The molecule has 1 aromatic carbocycles. The number of nitrogens with two attached hydrogens (primary N) is 1. The molecule has 0 bridgehead atoms. The summed E-state index contributed by atoms with van der Waals surface area (Å²) in [5.41, 5.74) is 7.60. The van der Waals surface area contributed by atoms with Gasteiger partial charge >= 0.3 is 0 Å². The van der Waals surface area contributed by atoms with E-state index in [1.807, 2.05) is 18.2 Å². The molecule has 0 spiro atoms. The van der Waals surface area contributed by atoms with Crippen molar-refractivity contribution in [3.05, 3.63) is 29.8 Å². The second-order valence-corrected chi connectivity index (χ2v) is 4.61. The van der Waals surface area contributed by atoms with Crippen molar-refractivity contribution in [1.82, 2.24) is 10.2 Å². The van der Waals surface area contributed by atoms with Crippen LogP contribution in [-0.4, -0.2) is 10.2 Å². The average Bonchev–Trinajstić information content (AvgIpc) is 2.83. The first-order valence-electron chi connectivity index (χ1n) is 4.82. The number of aryl methyl sites for hydroxylation is 1. The number of fused-ring (bicyclic) bond motifs is 1. The highest BCUT2D eigenvalue weighted by molar-refractivity contribution is 7.18. The Balaban J connectivity index is 2.18. The van der Waals surface area contributed by atoms with E-state index < -0.39 is 0 Å². The lowest BCUT2D eigenvalue weighted by Crippen LogP contribution is -1.79. The zero-order valence-corrected chi connectivity index (χ0v) is 9.41. The molecule has 4 nitrogen and oxygen atoms in total. The highest BCUT2D eigenvalue weighted by atomic mass is 32.1. The second kappa shape index (κ2) is 3.31. The Morgan fingerprint density at radius 1 is 1.25 bits per heavy atom. The van der Waals surface area contributed by atoms with Crippen molar-refractivity contribution in [3.8, 4) is 10.8 Å². The Hall–Kier alpha value is -1.88. The molecule has 0 aliphatic heterocycles. The summed E-state index contributed by atoms with van der Waals surface area (Å²) >= 11 is 1.32. The Kier molecular flexibility index (Phi) is 1.94. The number of furan rings is 1. The number of nitrogen functional groups attached to an aromatic ring is 1. The Bertz CT molecular complexity index is 656. The topological polar surface area (TPSA) is 64.9 Å². The van der Waals surface area contributed by atoms with Crippen LogP contribution in [0.1, 0.15) is 5.56 Å². The third-order valence-corrected chi connectivity index (χ3v) is 3.09. The van der Waals surface area contributed by atoms with Crippen LogP contribution in [0, 0.1) is 6.92 Å². The molecule has 0 aliphatic rings. The summed E-state index contributed by atoms with van der Waals surface area (Å²) in [6.07, 6.45) is 0. The van der Waals surface area contributed by atoms with Gasteiger partial charge in [-0.3, -0.25) is 0 Å². The summed E-state index contributed by atoms with van der Waals surface area (Å²) in [6, 6.07) is 8.01. The van der Waals surface area contributed by atoms with Gasteiger partial charge in [0.2, 0.25) is 5.13 Å². The second-order valence-electron chi connectivity index (χ2n) is 3.60. The van der Waals surface area contributed by atoms with E-state index in [4.69, 9.17) is 10.2 Å². The minimum Gasteiger partial charge on any atom is -0.453 e. The molecule has 80 valence electrons. The largest absolute Gasteiger partial charge is 0.453 e. The molecule has 0 saturated carbocycles. The summed E-state index contributed by atoms with van der Waals surface area (Å²) in [7, 11) is 0. The highest BCUT2D eigenvalue weighted by Crippen LogP contribution is 2.30. The van der Waals surface area contributed by atoms with E-state index in [1.165, 1.54) is 16.9 Å². The molecule has 0 atom stereocenters. The first-order valence-corrected chi connectivity index (χ1v) is 5.63. The third kappa shape index (κ3) is 1.45. The maximum atomic E-state index is 5.67. The maximum absolute atomic E-state index is 5.67. The SMILES string of the molecule is Cc1ccc2oc(-c3nnc(N)s3)cc2c1. The van der Waals surface area contributed by atoms with Crippen LogP contribution < -0.4 is 5.73 Å². The number of hydrogen-bond acceptors (Lipinski definition) is 5. The van der Waals surface area contributed by atoms with E-state index in [-0.39, 0.29) is 0 Å². The van der Waals surface area contributed by atoms with Crippen LogP contribution in [0.4, 0.5) is 5.13 Å². The molecule has 0 saturated heterocycles. The Morgan fingerprint density at radius 2 is 2.12 bits per heavy atom. The van der Waals surface area contributed by atoms with E-state index in [1.54, 1.807) is 0 Å². The quantitative estimate of drug-likeness (QED) is 0.699. The van der Waals surface area contributed by atoms with Gasteiger partial charge in [0, 0.05) is 5.39 Å². The van der Waals surface area contributed by atoms with Gasteiger partial charge in [-0.25, -0.2) is 0 Å². The number of rotatable bonds is 1. The van der Waals surface area contributed by atoms with Crippen molar-refractivity contribution in [2.75, 3.05) is 5.73 Å². The van der Waals surface area contributed by atoms with Gasteiger partial charge in [-0.15, -0.1) is 10.2 Å². The van der Waals surface area contributed by atoms with Crippen molar-refractivity contribution in [2.45, 2.75) is 6.92 Å². The molecule has 0 aliphatic carbocycles. The number of aromatic nitrogens is 2. The monoisotopic (exact) mass is 231 g/mol. The van der Waals surface area contributed by atoms with E-state index in [0.717, 1.165) is 16.7 Å². The molecular weight excluding hydrogens is 222 g/mol. The zero-order valence-electron chi connectivity index (χ0n) is 8.60. The van der Waals surface area contributed by atoms with E-state index in [9.17, 15) is 0 Å². The van der Waals surface area contributed by atoms with E-state index in [2.05, 4.69) is 23.2 Å². The maximum Gasteiger partial charge on any atom is 0.203 e. The van der Waals surface area contributed by atoms with Gasteiger partial charge in [-0.1, -0.05) is 23.0 Å². The molecule has 0 radical (unpaired) electrons. The predicted octanol–water partition coefficient (Wildman–Crippen LogP) is 2.84. The minimum absolute atomic E-state index is 0.451. The molecule has 16 heavy (non-hydrogen) atoms. The van der Waals surface area contributed by atoms with Crippen LogP contribution in [0.3, 0.4) is 0 Å². The standard InChI is InChI=1S/C11H9N3OS/c1-6-2-3-8-7(4-6)5-9(15-8)10-13-14-11(12)16-10/h2-5H,1H3,(H2,12,14). The Morgan fingerprint density at radius 3 is 2.88 bits per heavy atom. The summed E-state index contributed by atoms with van der Waals surface area (Å²) in [6.45, 7) is 2.05. The molecular formula is C11H9N3OS. The molecule has 2 N–H and O–H groups in total. The number of benzene rings is 1. The molecule has 2 heterocycles. The van der Waals surface area contributed by atoms with Crippen LogP contribution in [0.25, 0.3) is 21.7 Å². The smallest absolute Gasteiger partial charge is 0.203 e. The van der Waals surface area contributed by atoms with Crippen LogP contribution in [-0.2, 0) is 0 Å². The molecule has 2 aromatic heterocycles. The van der Waals surface area contributed by atoms with Gasteiger partial charge < -0.3 is 10.2 Å². The highest BCUT2D eigenvalue weighted by Gasteiger charge is 2.10. The molecule has 0 amide bonds. The fraction of sp³-hybridized carbons (Fsp3) is 0.0909. The normalized spacial score (nSPS) is 11.1. The predicted molar refractivity (Wildman–Crippen MR) is 64.3 cm³/mol. The van der Waals surface area contributed by atoms with Crippen molar-refractivity contribution in [1.29, 1.82) is 0 Å². The Labute approximate surface area is 95.7 Å². The number of hydrogen-bond donors (Lipinski definition) is 1. The minimum atomic E-state index is 0.451. The summed E-state index contributed by atoms with van der Waals surface area (Å²) in [4.78, 5) is 0. The van der Waals surface area contributed by atoms with Crippen LogP contribution in [0.2, 0.25) is 0 Å². The fourth-order valence-electron chi connectivity index (χ4n) is 1.60. The first-order chi connectivity index (χ1) is 7.72. The summed E-state index contributed by atoms with van der Waals surface area (Å²) < 4.78 is 5.67. The van der Waals surface area contributed by atoms with Crippen molar-refractivity contribution >= 4 is 27.4 Å². The lowest BCUT2D eigenvalue weighted by molar-refractivity contribution is 0.630. The first kappa shape index (κ1) is 9.35. The fourth-order valence-corrected chi connectivity index (χ4v) is 2.16. The molecule has 3 rings (SSSR count). The summed E-state index contributed by atoms with van der Waals surface area (Å²) in [5, 5.41) is 9.96. The molecule has 3 aromatic rings. The van der Waals surface area contributed by atoms with Crippen LogP contribution in [0.15, 0.2) is 28.7 Å². The average molecular weight is 231 g/mol. The van der Waals surface area contributed by atoms with Crippen molar-refractivity contribution in [3.63, 3.8) is 0 Å². The summed E-state index contributed by atoms with van der Waals surface area (Å²) in [5.74, 6) is 0.717. The molecule has 5 heteroatoms. The van der Waals surface area contributed by atoms with E-state index in [0.29, 0.717) is 10.1 Å². The van der Waals surface area contributed by atoms with Crippen LogP contribution >= 0.6 is 11.3 Å². The van der Waals surface area contributed by atoms with Gasteiger partial charge in [-0.05, 0) is 25.1 Å². The van der Waals surface area contributed by atoms with Crippen molar-refractivity contribution < 1.29 is 4.42 Å². The van der Waals surface area contributed by atoms with Gasteiger partial charge in [0.15, 0.2) is 10.8 Å². The molecule has 0 unspecified atom stereocenters. The lowest BCUT2D eigenvalue weighted by Gasteiger charge is -1.89. The third-order valence-electron chi connectivity index (χ3n) is 2.32. The van der Waals surface area contributed by atoms with Gasteiger partial charge in [-0.2, -0.15) is 0 Å². The lowest BCUT2D eigenvalue weighted by atomic mass is 10.2. The van der Waals surface area contributed by atoms with Gasteiger partial charge in [0.25, 0.3) is 0 Å². The molecule has 0 fully saturated rings. The number of nitrogens with zero attached hydrogens (tertiary/aromatic N) is 2.